The van der Waals surface area contributed by atoms with Crippen LogP contribution in [0.15, 0.2) is 0 Å². The minimum atomic E-state index is -0.584. The van der Waals surface area contributed by atoms with Crippen molar-refractivity contribution in [3.63, 3.8) is 0 Å². The molecule has 0 aromatic heterocycles. The van der Waals surface area contributed by atoms with Crippen molar-refractivity contribution in [2.24, 2.45) is 5.73 Å². The lowest BCUT2D eigenvalue weighted by Crippen LogP contribution is -2.58. The van der Waals surface area contributed by atoms with Crippen molar-refractivity contribution in [1.82, 2.24) is 4.90 Å². The molecule has 2 aliphatic heterocycles. The first-order valence-corrected chi connectivity index (χ1v) is 5.26. The lowest BCUT2D eigenvalue weighted by atomic mass is 10.0. The van der Waals surface area contributed by atoms with Gasteiger partial charge >= 0.3 is 0 Å². The predicted octanol–water partition coefficient (Wildman–Crippen LogP) is -0.304. The molecule has 0 bridgehead atoms. The number of piperidine rings is 1. The summed E-state index contributed by atoms with van der Waals surface area (Å²) in [7, 11) is 0. The summed E-state index contributed by atoms with van der Waals surface area (Å²) >= 11 is 0. The van der Waals surface area contributed by atoms with Crippen LogP contribution in [0.1, 0.15) is 20.8 Å². The molecule has 2 fully saturated rings. The van der Waals surface area contributed by atoms with Crippen LogP contribution >= 0.6 is 0 Å². The maximum atomic E-state index is 11.3. The van der Waals surface area contributed by atoms with E-state index in [0.29, 0.717) is 13.1 Å². The number of nitrogens with zero attached hydrogens (tertiary/aromatic N) is 1. The summed E-state index contributed by atoms with van der Waals surface area (Å²) in [6.45, 7) is 6.42. The van der Waals surface area contributed by atoms with E-state index < -0.39 is 5.79 Å². The van der Waals surface area contributed by atoms with Gasteiger partial charge in [-0.05, 0) is 13.8 Å². The number of hydrogen-bond acceptors (Lipinski definition) is 4. The molecular formula is C10H18N2O3. The Labute approximate surface area is 89.5 Å². The van der Waals surface area contributed by atoms with Crippen LogP contribution in [0.2, 0.25) is 0 Å². The summed E-state index contributed by atoms with van der Waals surface area (Å²) in [6.07, 6.45) is -0.178. The van der Waals surface area contributed by atoms with Gasteiger partial charge in [-0.15, -0.1) is 0 Å². The van der Waals surface area contributed by atoms with Crippen molar-refractivity contribution in [3.8, 4) is 0 Å². The van der Waals surface area contributed by atoms with Crippen molar-refractivity contribution in [1.29, 1.82) is 0 Å². The van der Waals surface area contributed by atoms with E-state index in [9.17, 15) is 4.79 Å². The highest BCUT2D eigenvalue weighted by Gasteiger charge is 2.48. The Morgan fingerprint density at radius 3 is 2.67 bits per heavy atom. The standard InChI is InChI=1S/C10H18N2O3/c1-6(13)12-4-7(11)9-8(5-12)14-10(2,3)15-9/h7-9H,4-5,11H2,1-3H3/t7-,8-,9+/m0/s1. The molecule has 15 heavy (non-hydrogen) atoms. The largest absolute Gasteiger partial charge is 0.343 e. The average Bonchev–Trinajstić information content (AvgIpc) is 2.39. The minimum Gasteiger partial charge on any atom is -0.343 e. The second kappa shape index (κ2) is 3.43. The first kappa shape index (κ1) is 10.9. The average molecular weight is 214 g/mol. The Morgan fingerprint density at radius 2 is 2.07 bits per heavy atom. The number of hydrogen-bond donors (Lipinski definition) is 1. The monoisotopic (exact) mass is 214 g/mol. The van der Waals surface area contributed by atoms with Gasteiger partial charge < -0.3 is 20.1 Å². The molecule has 0 radical (unpaired) electrons. The van der Waals surface area contributed by atoms with Gasteiger partial charge in [0, 0.05) is 20.0 Å². The fourth-order valence-electron chi connectivity index (χ4n) is 2.27. The molecule has 5 heteroatoms. The quantitative estimate of drug-likeness (QED) is 0.601. The Bertz CT molecular complexity index is 280. The molecule has 2 heterocycles. The minimum absolute atomic E-state index is 0.0391. The fraction of sp³-hybridized carbons (Fsp3) is 0.900. The van der Waals surface area contributed by atoms with Crippen LogP contribution in [-0.4, -0.2) is 47.9 Å². The van der Waals surface area contributed by atoms with Crippen LogP contribution in [0, 0.1) is 0 Å². The number of rotatable bonds is 0. The van der Waals surface area contributed by atoms with Crippen LogP contribution in [0.5, 0.6) is 0 Å². The first-order chi connectivity index (χ1) is 6.89. The Hall–Kier alpha value is -0.650. The van der Waals surface area contributed by atoms with Crippen LogP contribution in [0.3, 0.4) is 0 Å². The van der Waals surface area contributed by atoms with E-state index in [2.05, 4.69) is 0 Å². The van der Waals surface area contributed by atoms with Crippen molar-refractivity contribution < 1.29 is 14.3 Å². The van der Waals surface area contributed by atoms with Gasteiger partial charge in [-0.2, -0.15) is 0 Å². The number of nitrogens with two attached hydrogens (primary N) is 1. The lowest BCUT2D eigenvalue weighted by molar-refractivity contribution is -0.147. The van der Waals surface area contributed by atoms with Crippen molar-refractivity contribution >= 4 is 5.91 Å². The fourth-order valence-corrected chi connectivity index (χ4v) is 2.27. The van der Waals surface area contributed by atoms with Crippen LogP contribution in [0.4, 0.5) is 0 Å². The van der Waals surface area contributed by atoms with Gasteiger partial charge in [-0.25, -0.2) is 0 Å². The number of fused-ring (bicyclic) bond motifs is 1. The topological polar surface area (TPSA) is 64.8 Å². The van der Waals surface area contributed by atoms with Gasteiger partial charge in [0.15, 0.2) is 5.79 Å². The van der Waals surface area contributed by atoms with Gasteiger partial charge in [-0.3, -0.25) is 4.79 Å². The Kier molecular flexibility index (Phi) is 2.48. The van der Waals surface area contributed by atoms with Crippen LogP contribution in [-0.2, 0) is 14.3 Å². The van der Waals surface area contributed by atoms with E-state index in [1.807, 2.05) is 13.8 Å². The molecule has 3 atom stereocenters. The summed E-state index contributed by atoms with van der Waals surface area (Å²) < 4.78 is 11.4. The number of ether oxygens (including phenoxy) is 2. The van der Waals surface area contributed by atoms with E-state index in [1.165, 1.54) is 0 Å². The Morgan fingerprint density at radius 1 is 1.40 bits per heavy atom. The molecule has 86 valence electrons. The molecule has 0 spiro atoms. The molecule has 2 rings (SSSR count). The summed E-state index contributed by atoms with van der Waals surface area (Å²) in [6, 6.07) is -0.158. The van der Waals surface area contributed by atoms with E-state index >= 15 is 0 Å². The third-order valence-corrected chi connectivity index (χ3v) is 2.92. The SMILES string of the molecule is CC(=O)N1C[C@@H]2OC(C)(C)O[C@@H]2[C@@H](N)C1. The smallest absolute Gasteiger partial charge is 0.219 e. The molecule has 0 aliphatic carbocycles. The Balaban J connectivity index is 2.10. The van der Waals surface area contributed by atoms with Gasteiger partial charge in [0.05, 0.1) is 6.04 Å². The van der Waals surface area contributed by atoms with E-state index in [0.717, 1.165) is 0 Å². The first-order valence-electron chi connectivity index (χ1n) is 5.26. The molecule has 2 saturated heterocycles. The number of likely N-dealkylation sites (tertiary alicyclic amines) is 1. The maximum Gasteiger partial charge on any atom is 0.219 e. The maximum absolute atomic E-state index is 11.3. The molecule has 0 aromatic rings. The second-order valence-electron chi connectivity index (χ2n) is 4.73. The molecule has 0 saturated carbocycles. The third kappa shape index (κ3) is 2.00. The van der Waals surface area contributed by atoms with E-state index in [1.54, 1.807) is 11.8 Å². The third-order valence-electron chi connectivity index (χ3n) is 2.92. The van der Waals surface area contributed by atoms with Gasteiger partial charge in [0.1, 0.15) is 12.2 Å². The van der Waals surface area contributed by atoms with E-state index in [-0.39, 0.29) is 24.2 Å². The number of carbonyl (C=O) groups is 1. The molecule has 1 amide bonds. The molecule has 2 N–H and O–H groups in total. The molecule has 5 nitrogen and oxygen atoms in total. The zero-order chi connectivity index (χ0) is 11.2. The molecule has 0 aromatic carbocycles. The predicted molar refractivity (Wildman–Crippen MR) is 54.1 cm³/mol. The number of amides is 1. The van der Waals surface area contributed by atoms with Gasteiger partial charge in [-0.1, -0.05) is 0 Å². The highest BCUT2D eigenvalue weighted by Crippen LogP contribution is 2.32. The summed E-state index contributed by atoms with van der Waals surface area (Å²) in [4.78, 5) is 13.0. The summed E-state index contributed by atoms with van der Waals surface area (Å²) in [5.74, 6) is -0.544. The van der Waals surface area contributed by atoms with Crippen LogP contribution < -0.4 is 5.73 Å². The van der Waals surface area contributed by atoms with Crippen molar-refractivity contribution in [3.05, 3.63) is 0 Å². The lowest BCUT2D eigenvalue weighted by Gasteiger charge is -2.36. The zero-order valence-electron chi connectivity index (χ0n) is 9.40. The van der Waals surface area contributed by atoms with E-state index in [4.69, 9.17) is 15.2 Å². The normalized spacial score (nSPS) is 38.9. The van der Waals surface area contributed by atoms with Crippen LogP contribution in [0.25, 0.3) is 0 Å². The summed E-state index contributed by atoms with van der Waals surface area (Å²) in [5, 5.41) is 0. The van der Waals surface area contributed by atoms with Gasteiger partial charge in [0.2, 0.25) is 5.91 Å². The molecular weight excluding hydrogens is 196 g/mol. The summed E-state index contributed by atoms with van der Waals surface area (Å²) in [5.41, 5.74) is 5.97. The molecule has 0 unspecified atom stereocenters. The van der Waals surface area contributed by atoms with Gasteiger partial charge in [0.25, 0.3) is 0 Å². The zero-order valence-corrected chi connectivity index (χ0v) is 9.40. The highest BCUT2D eigenvalue weighted by atomic mass is 16.8. The molecule has 2 aliphatic rings. The second-order valence-corrected chi connectivity index (χ2v) is 4.73. The van der Waals surface area contributed by atoms with Crippen molar-refractivity contribution in [2.75, 3.05) is 13.1 Å². The van der Waals surface area contributed by atoms with Crippen molar-refractivity contribution in [2.45, 2.75) is 44.8 Å². The highest BCUT2D eigenvalue weighted by molar-refractivity contribution is 5.73. The number of carbonyl (C=O) groups excluding carboxylic acids is 1.